The maximum absolute atomic E-state index is 13.3. The predicted molar refractivity (Wildman–Crippen MR) is 143 cm³/mol. The Kier molecular flexibility index (Phi) is 5.38. The van der Waals surface area contributed by atoms with E-state index >= 15 is 0 Å². The molecule has 0 aliphatic carbocycles. The molecule has 8 heteroatoms. The molecule has 36 heavy (non-hydrogen) atoms. The Hall–Kier alpha value is -4.98. The quantitative estimate of drug-likeness (QED) is 0.309. The number of nitrogens with one attached hydrogen (secondary N) is 2. The van der Waals surface area contributed by atoms with E-state index < -0.39 is 0 Å². The maximum Gasteiger partial charge on any atom is 0.257 e. The first-order valence-electron chi connectivity index (χ1n) is 11.7. The Morgan fingerprint density at radius 2 is 1.69 bits per heavy atom. The molecule has 0 unspecified atom stereocenters. The van der Waals surface area contributed by atoms with E-state index in [9.17, 15) is 4.79 Å². The van der Waals surface area contributed by atoms with Gasteiger partial charge in [-0.1, -0.05) is 60.7 Å². The highest BCUT2D eigenvalue weighted by molar-refractivity contribution is 6.11. The molecule has 0 radical (unpaired) electrons. The molecular weight excluding hydrogens is 450 g/mol. The third kappa shape index (κ3) is 3.84. The first-order valence-corrected chi connectivity index (χ1v) is 11.7. The van der Waals surface area contributed by atoms with E-state index in [1.807, 2.05) is 85.1 Å². The molecule has 3 aromatic carbocycles. The number of para-hydroxylation sites is 3. The van der Waals surface area contributed by atoms with Gasteiger partial charge in [0.25, 0.3) is 5.91 Å². The minimum atomic E-state index is -0.306. The molecule has 0 aliphatic heterocycles. The van der Waals surface area contributed by atoms with E-state index in [-0.39, 0.29) is 17.3 Å². The number of nitrogens with zero attached hydrogens (tertiary/aromatic N) is 4. The minimum absolute atomic E-state index is 0.189. The fraction of sp³-hybridized carbons (Fsp3) is 0.0714. The number of fused-ring (bicyclic) bond motifs is 3. The van der Waals surface area contributed by atoms with Crippen molar-refractivity contribution in [1.82, 2.24) is 24.9 Å². The van der Waals surface area contributed by atoms with Gasteiger partial charge in [-0.25, -0.2) is 9.97 Å². The van der Waals surface area contributed by atoms with Crippen LogP contribution in [0.2, 0.25) is 0 Å². The molecule has 4 N–H and O–H groups in total. The molecule has 0 atom stereocenters. The van der Waals surface area contributed by atoms with Crippen molar-refractivity contribution in [1.29, 1.82) is 0 Å². The number of anilines is 1. The molecule has 0 bridgehead atoms. The zero-order chi connectivity index (χ0) is 24.5. The second-order valence-corrected chi connectivity index (χ2v) is 8.48. The molecular formula is C28H23N7O. The lowest BCUT2D eigenvalue weighted by Gasteiger charge is -2.05. The van der Waals surface area contributed by atoms with Gasteiger partial charge in [0.15, 0.2) is 5.65 Å². The third-order valence-electron chi connectivity index (χ3n) is 6.18. The number of carbonyl (C=O) groups is 1. The number of hydrogen-bond donors (Lipinski definition) is 3. The largest absolute Gasteiger partial charge is 0.383 e. The topological polar surface area (TPSA) is 114 Å². The number of rotatable bonds is 6. The SMILES string of the molecule is Nc1c(C(=O)NCCc2ccccc2)c2nc3ccccc3nc2n1N=Cc1c[nH]c2ccccc12. The van der Waals surface area contributed by atoms with Crippen LogP contribution in [0.25, 0.3) is 33.1 Å². The molecule has 8 nitrogen and oxygen atoms in total. The van der Waals surface area contributed by atoms with Crippen molar-refractivity contribution in [3.63, 3.8) is 0 Å². The van der Waals surface area contributed by atoms with Gasteiger partial charge in [0, 0.05) is 29.2 Å². The van der Waals surface area contributed by atoms with Crippen LogP contribution in [-0.2, 0) is 6.42 Å². The van der Waals surface area contributed by atoms with Gasteiger partial charge >= 0.3 is 0 Å². The van der Waals surface area contributed by atoms with Gasteiger partial charge in [0.2, 0.25) is 0 Å². The molecule has 3 heterocycles. The number of carbonyl (C=O) groups excluding carboxylic acids is 1. The Labute approximate surface area is 206 Å². The van der Waals surface area contributed by atoms with Gasteiger partial charge in [-0.3, -0.25) is 4.79 Å². The van der Waals surface area contributed by atoms with Gasteiger partial charge in [-0.05, 0) is 30.2 Å². The van der Waals surface area contributed by atoms with Crippen LogP contribution in [0.3, 0.4) is 0 Å². The second kappa shape index (κ2) is 8.99. The zero-order valence-corrected chi connectivity index (χ0v) is 19.3. The number of aromatic nitrogens is 4. The summed E-state index contributed by atoms with van der Waals surface area (Å²) in [6, 6.07) is 25.5. The summed E-state index contributed by atoms with van der Waals surface area (Å²) in [5, 5.41) is 8.64. The summed E-state index contributed by atoms with van der Waals surface area (Å²) in [4.78, 5) is 26.0. The Balaban J connectivity index is 1.40. The predicted octanol–water partition coefficient (Wildman–Crippen LogP) is 4.50. The third-order valence-corrected chi connectivity index (χ3v) is 6.18. The maximum atomic E-state index is 13.3. The first kappa shape index (κ1) is 21.5. The van der Waals surface area contributed by atoms with E-state index in [0.717, 1.165) is 22.0 Å². The van der Waals surface area contributed by atoms with Crippen LogP contribution in [0.4, 0.5) is 5.82 Å². The molecule has 0 saturated carbocycles. The van der Waals surface area contributed by atoms with Crippen LogP contribution in [0.1, 0.15) is 21.5 Å². The van der Waals surface area contributed by atoms with Crippen molar-refractivity contribution in [2.24, 2.45) is 5.10 Å². The van der Waals surface area contributed by atoms with E-state index in [0.29, 0.717) is 35.2 Å². The van der Waals surface area contributed by atoms with Gasteiger partial charge in [-0.2, -0.15) is 9.78 Å². The van der Waals surface area contributed by atoms with E-state index in [4.69, 9.17) is 15.7 Å². The molecule has 176 valence electrons. The fourth-order valence-electron chi connectivity index (χ4n) is 4.36. The highest BCUT2D eigenvalue weighted by atomic mass is 16.1. The molecule has 6 aromatic rings. The van der Waals surface area contributed by atoms with E-state index in [1.54, 1.807) is 6.21 Å². The lowest BCUT2D eigenvalue weighted by atomic mass is 10.1. The molecule has 0 aliphatic rings. The van der Waals surface area contributed by atoms with Crippen LogP contribution >= 0.6 is 0 Å². The molecule has 6 rings (SSSR count). The average molecular weight is 474 g/mol. The molecule has 0 fully saturated rings. The Bertz CT molecular complexity index is 1750. The van der Waals surface area contributed by atoms with Crippen molar-refractivity contribution < 1.29 is 4.79 Å². The second-order valence-electron chi connectivity index (χ2n) is 8.48. The van der Waals surface area contributed by atoms with Crippen LogP contribution < -0.4 is 11.1 Å². The molecule has 0 saturated heterocycles. The number of aromatic amines is 1. The van der Waals surface area contributed by atoms with Gasteiger partial charge in [-0.15, -0.1) is 0 Å². The Morgan fingerprint density at radius 3 is 2.53 bits per heavy atom. The number of H-pyrrole nitrogens is 1. The number of nitrogens with two attached hydrogens (primary N) is 1. The number of hydrogen-bond acceptors (Lipinski definition) is 5. The summed E-state index contributed by atoms with van der Waals surface area (Å²) in [7, 11) is 0. The summed E-state index contributed by atoms with van der Waals surface area (Å²) in [5.41, 5.74) is 12.1. The highest BCUT2D eigenvalue weighted by Crippen LogP contribution is 2.28. The minimum Gasteiger partial charge on any atom is -0.383 e. The van der Waals surface area contributed by atoms with Crippen molar-refractivity contribution in [2.75, 3.05) is 12.3 Å². The summed E-state index contributed by atoms with van der Waals surface area (Å²) in [6.07, 6.45) is 4.30. The van der Waals surface area contributed by atoms with Gasteiger partial charge < -0.3 is 16.0 Å². The van der Waals surface area contributed by atoms with Crippen molar-refractivity contribution in [3.8, 4) is 0 Å². The van der Waals surface area contributed by atoms with Crippen molar-refractivity contribution in [2.45, 2.75) is 6.42 Å². The molecule has 1 amide bonds. The van der Waals surface area contributed by atoms with Crippen molar-refractivity contribution in [3.05, 3.63) is 102 Å². The summed E-state index contributed by atoms with van der Waals surface area (Å²) < 4.78 is 1.49. The summed E-state index contributed by atoms with van der Waals surface area (Å²) >= 11 is 0. The van der Waals surface area contributed by atoms with Crippen LogP contribution in [0.5, 0.6) is 0 Å². The molecule has 3 aromatic heterocycles. The average Bonchev–Trinajstić information content (AvgIpc) is 3.44. The number of benzene rings is 3. The lowest BCUT2D eigenvalue weighted by molar-refractivity contribution is 0.0956. The smallest absolute Gasteiger partial charge is 0.257 e. The number of amides is 1. The first-order chi connectivity index (χ1) is 17.7. The lowest BCUT2D eigenvalue weighted by Crippen LogP contribution is -2.26. The number of nitrogen functional groups attached to an aromatic ring is 1. The standard InChI is InChI=1S/C28H23N7O/c29-26-24(28(36)30-15-14-18-8-2-1-3-9-18)25-27(34-23-13-7-6-12-22(23)33-25)35(26)32-17-19-16-31-21-11-5-4-10-20(19)21/h1-13,16-17,31H,14-15,29H2,(H,30,36). The van der Waals surface area contributed by atoms with Gasteiger partial charge in [0.05, 0.1) is 17.2 Å². The van der Waals surface area contributed by atoms with Crippen LogP contribution in [0, 0.1) is 0 Å². The van der Waals surface area contributed by atoms with Crippen LogP contribution in [-0.4, -0.2) is 38.3 Å². The zero-order valence-electron chi connectivity index (χ0n) is 19.3. The van der Waals surface area contributed by atoms with E-state index in [2.05, 4.69) is 15.4 Å². The van der Waals surface area contributed by atoms with Gasteiger partial charge in [0.1, 0.15) is 16.9 Å². The summed E-state index contributed by atoms with van der Waals surface area (Å²) in [6.45, 7) is 0.467. The highest BCUT2D eigenvalue weighted by Gasteiger charge is 2.24. The normalized spacial score (nSPS) is 11.7. The Morgan fingerprint density at radius 1 is 0.972 bits per heavy atom. The molecule has 0 spiro atoms. The van der Waals surface area contributed by atoms with E-state index in [1.165, 1.54) is 4.68 Å². The monoisotopic (exact) mass is 473 g/mol. The van der Waals surface area contributed by atoms with Crippen LogP contribution in [0.15, 0.2) is 90.2 Å². The fourth-order valence-corrected chi connectivity index (χ4v) is 4.36. The van der Waals surface area contributed by atoms with Crippen molar-refractivity contribution >= 4 is 51.0 Å². The summed E-state index contributed by atoms with van der Waals surface area (Å²) in [5.74, 6) is -0.118.